The minimum atomic E-state index is -0.105. The minimum absolute atomic E-state index is 0.000616. The Balaban J connectivity index is 1.50. The van der Waals surface area contributed by atoms with Crippen LogP contribution in [0.15, 0.2) is 57.7 Å². The van der Waals surface area contributed by atoms with Crippen molar-refractivity contribution in [3.05, 3.63) is 74.4 Å². The summed E-state index contributed by atoms with van der Waals surface area (Å²) in [6, 6.07) is 13.9. The summed E-state index contributed by atoms with van der Waals surface area (Å²) in [5.74, 6) is 0. The lowest BCUT2D eigenvalue weighted by molar-refractivity contribution is 0.553. The van der Waals surface area contributed by atoms with Crippen molar-refractivity contribution in [3.63, 3.8) is 0 Å². The summed E-state index contributed by atoms with van der Waals surface area (Å²) in [5.41, 5.74) is 10.3. The Morgan fingerprint density at radius 3 is 1.35 bits per heavy atom. The molecule has 0 spiro atoms. The molecule has 0 radical (unpaired) electrons. The second-order valence-electron chi connectivity index (χ2n) is 15.4. The number of hydrogen-bond donors (Lipinski definition) is 0. The van der Waals surface area contributed by atoms with Crippen molar-refractivity contribution in [1.29, 1.82) is 0 Å². The molecule has 6 heterocycles. The molecule has 250 valence electrons. The third-order valence-corrected chi connectivity index (χ3v) is 13.3. The van der Waals surface area contributed by atoms with Gasteiger partial charge in [0, 0.05) is 12.4 Å². The normalized spacial score (nSPS) is 12.8. The van der Waals surface area contributed by atoms with E-state index in [1.807, 2.05) is 12.4 Å². The van der Waals surface area contributed by atoms with Crippen LogP contribution in [0.4, 0.5) is 0 Å². The van der Waals surface area contributed by atoms with E-state index < -0.39 is 0 Å². The highest BCUT2D eigenvalue weighted by Crippen LogP contribution is 2.37. The molecular formula is C36H35BBr2N6S4. The van der Waals surface area contributed by atoms with Crippen molar-refractivity contribution in [1.82, 2.24) is 27.5 Å². The summed E-state index contributed by atoms with van der Waals surface area (Å²) >= 11 is 13.2. The number of rotatable bonds is 5. The fourth-order valence-electron chi connectivity index (χ4n) is 6.18. The quantitative estimate of drug-likeness (QED) is 0.161. The smallest absolute Gasteiger partial charge is 0.252 e. The summed E-state index contributed by atoms with van der Waals surface area (Å²) in [7, 11) is 0. The van der Waals surface area contributed by atoms with Crippen molar-refractivity contribution >= 4 is 122 Å². The Labute approximate surface area is 320 Å². The Morgan fingerprint density at radius 1 is 0.551 bits per heavy atom. The number of halogens is 2. The SMILES string of the molecule is CC(C)(C)c1cc(C(C)(C)C)c(B(c2ccc(-c3ncc(Br)c4nsnc34)s2)c2ccc(-c3ncc(Br)c4nsnc34)s2)c(C(C)(C)C)c1. The largest absolute Gasteiger partial charge is 0.267 e. The van der Waals surface area contributed by atoms with Crippen LogP contribution in [0.2, 0.25) is 0 Å². The first-order chi connectivity index (χ1) is 23.0. The highest BCUT2D eigenvalue weighted by molar-refractivity contribution is 9.11. The molecule has 0 fully saturated rings. The van der Waals surface area contributed by atoms with Crippen LogP contribution in [-0.2, 0) is 16.2 Å². The van der Waals surface area contributed by atoms with Gasteiger partial charge in [0.1, 0.15) is 33.5 Å². The van der Waals surface area contributed by atoms with E-state index in [0.29, 0.717) is 0 Å². The molecule has 0 saturated carbocycles. The lowest BCUT2D eigenvalue weighted by Crippen LogP contribution is -2.55. The standard InChI is InChI=1S/C36H35BBr2N6S4/c1-34(2,3)18-14-19(35(4,5)6)27(20(15-18)36(7,8)9)37(25-12-10-23(46-25)30-32-28(42-48-44-32)21(38)16-40-30)26-13-11-24(47-26)31-33-29(43-49-45-33)22(39)17-41-31/h10-17H,1-9H3. The van der Waals surface area contributed by atoms with Gasteiger partial charge in [-0.15, -0.1) is 22.7 Å². The summed E-state index contributed by atoms with van der Waals surface area (Å²) in [6.07, 6.45) is 3.67. The summed E-state index contributed by atoms with van der Waals surface area (Å²) < 4.78 is 22.6. The van der Waals surface area contributed by atoms with Crippen LogP contribution in [0.25, 0.3) is 43.2 Å². The van der Waals surface area contributed by atoms with Crippen molar-refractivity contribution in [3.8, 4) is 21.1 Å². The van der Waals surface area contributed by atoms with Crippen molar-refractivity contribution in [2.75, 3.05) is 0 Å². The van der Waals surface area contributed by atoms with Crippen molar-refractivity contribution < 1.29 is 0 Å². The van der Waals surface area contributed by atoms with Crippen LogP contribution in [-0.4, -0.2) is 34.2 Å². The van der Waals surface area contributed by atoms with E-state index in [9.17, 15) is 0 Å². The number of nitrogens with zero attached hydrogens (tertiary/aromatic N) is 6. The lowest BCUT2D eigenvalue weighted by atomic mass is 9.39. The van der Waals surface area contributed by atoms with E-state index in [1.54, 1.807) is 22.7 Å². The van der Waals surface area contributed by atoms with Gasteiger partial charge in [0.05, 0.1) is 42.2 Å². The Hall–Kier alpha value is -2.42. The maximum atomic E-state index is 4.84. The van der Waals surface area contributed by atoms with Gasteiger partial charge in [0.25, 0.3) is 6.71 Å². The van der Waals surface area contributed by atoms with E-state index in [-0.39, 0.29) is 23.0 Å². The highest BCUT2D eigenvalue weighted by Gasteiger charge is 2.37. The van der Waals surface area contributed by atoms with Gasteiger partial charge in [-0.2, -0.15) is 17.5 Å². The van der Waals surface area contributed by atoms with Gasteiger partial charge in [-0.3, -0.25) is 9.97 Å². The third kappa shape index (κ3) is 6.48. The Bertz CT molecular complexity index is 2200. The summed E-state index contributed by atoms with van der Waals surface area (Å²) in [6.45, 7) is 21.0. The van der Waals surface area contributed by atoms with Crippen LogP contribution in [0.1, 0.15) is 79.0 Å². The Morgan fingerprint density at radius 2 is 0.959 bits per heavy atom. The van der Waals surface area contributed by atoms with Gasteiger partial charge in [0.15, 0.2) is 0 Å². The first-order valence-corrected chi connectivity index (χ1v) is 20.6. The molecule has 1 aromatic carbocycles. The van der Waals surface area contributed by atoms with Crippen LogP contribution in [0.3, 0.4) is 0 Å². The monoisotopic (exact) mass is 848 g/mol. The fraction of sp³-hybridized carbons (Fsp3) is 0.333. The van der Waals surface area contributed by atoms with Crippen LogP contribution in [0.5, 0.6) is 0 Å². The first kappa shape index (κ1) is 35.0. The van der Waals surface area contributed by atoms with E-state index in [2.05, 4.69) is 148 Å². The number of pyridine rings is 2. The maximum Gasteiger partial charge on any atom is 0.267 e. The molecule has 0 unspecified atom stereocenters. The number of aromatic nitrogens is 6. The van der Waals surface area contributed by atoms with E-state index in [1.165, 1.54) is 55.2 Å². The number of hydrogen-bond acceptors (Lipinski definition) is 10. The van der Waals surface area contributed by atoms with E-state index in [0.717, 1.165) is 52.2 Å². The zero-order valence-corrected chi connectivity index (χ0v) is 35.2. The van der Waals surface area contributed by atoms with Gasteiger partial charge in [-0.25, -0.2) is 0 Å². The highest BCUT2D eigenvalue weighted by atomic mass is 79.9. The fourth-order valence-corrected chi connectivity index (χ4v) is 10.6. The zero-order chi connectivity index (χ0) is 35.0. The second kappa shape index (κ2) is 12.7. The molecule has 0 N–H and O–H groups in total. The van der Waals surface area contributed by atoms with Crippen molar-refractivity contribution in [2.24, 2.45) is 0 Å². The molecule has 0 atom stereocenters. The first-order valence-electron chi connectivity index (χ1n) is 16.0. The molecule has 0 aliphatic rings. The van der Waals surface area contributed by atoms with Crippen LogP contribution < -0.4 is 15.0 Å². The average molecular weight is 851 g/mol. The summed E-state index contributed by atoms with van der Waals surface area (Å²) in [5, 5.41) is 0. The molecule has 13 heteroatoms. The molecule has 0 aliphatic carbocycles. The molecule has 0 amide bonds. The maximum absolute atomic E-state index is 4.84. The average Bonchev–Trinajstić information content (AvgIpc) is 3.84. The Kier molecular flexibility index (Phi) is 9.05. The van der Waals surface area contributed by atoms with Gasteiger partial charge >= 0.3 is 0 Å². The molecule has 7 rings (SSSR count). The number of benzene rings is 1. The van der Waals surface area contributed by atoms with E-state index in [4.69, 9.17) is 9.97 Å². The van der Waals surface area contributed by atoms with Crippen LogP contribution in [0, 0.1) is 0 Å². The van der Waals surface area contributed by atoms with Gasteiger partial charge in [-0.05, 0) is 86.5 Å². The van der Waals surface area contributed by atoms with Crippen molar-refractivity contribution in [2.45, 2.75) is 78.6 Å². The minimum Gasteiger partial charge on any atom is -0.252 e. The lowest BCUT2D eigenvalue weighted by Gasteiger charge is -2.35. The summed E-state index contributed by atoms with van der Waals surface area (Å²) in [4.78, 5) is 11.8. The molecule has 7 aromatic rings. The molecule has 6 nitrogen and oxygen atoms in total. The number of fused-ring (bicyclic) bond motifs is 2. The predicted molar refractivity (Wildman–Crippen MR) is 220 cm³/mol. The number of thiophene rings is 2. The van der Waals surface area contributed by atoms with Gasteiger partial charge in [-0.1, -0.05) is 92.0 Å². The molecular weight excluding hydrogens is 815 g/mol. The van der Waals surface area contributed by atoms with Gasteiger partial charge in [0.2, 0.25) is 0 Å². The van der Waals surface area contributed by atoms with Gasteiger partial charge < -0.3 is 0 Å². The molecule has 0 bridgehead atoms. The topological polar surface area (TPSA) is 77.3 Å². The molecule has 6 aromatic heterocycles. The molecule has 49 heavy (non-hydrogen) atoms. The predicted octanol–water partition coefficient (Wildman–Crippen LogP) is 9.88. The van der Waals surface area contributed by atoms with Crippen LogP contribution >= 0.6 is 78.0 Å². The third-order valence-electron chi connectivity index (χ3n) is 8.73. The molecule has 0 saturated heterocycles. The molecule has 0 aliphatic heterocycles. The van der Waals surface area contributed by atoms with E-state index >= 15 is 0 Å². The zero-order valence-electron chi connectivity index (χ0n) is 28.8. The second-order valence-corrected chi connectivity index (χ2v) is 20.4.